The lowest BCUT2D eigenvalue weighted by Gasteiger charge is -2.15. The Morgan fingerprint density at radius 1 is 1.03 bits per heavy atom. The summed E-state index contributed by atoms with van der Waals surface area (Å²) in [7, 11) is 0. The van der Waals surface area contributed by atoms with Crippen LogP contribution in [0.5, 0.6) is 0 Å². The van der Waals surface area contributed by atoms with Gasteiger partial charge in [-0.15, -0.1) is 0 Å². The second kappa shape index (κ2) is 8.59. The third-order valence-corrected chi connectivity index (χ3v) is 5.80. The number of rotatable bonds is 5. The quantitative estimate of drug-likeness (QED) is 0.498. The topological polar surface area (TPSA) is 81.8 Å². The summed E-state index contributed by atoms with van der Waals surface area (Å²) in [5.74, 6) is -0.303. The summed E-state index contributed by atoms with van der Waals surface area (Å²) in [4.78, 5) is 26.0. The molecule has 1 N–H and O–H groups in total. The van der Waals surface area contributed by atoms with Gasteiger partial charge in [0, 0.05) is 11.6 Å². The fraction of sp³-hybridized carbons (Fsp3) is 0.250. The number of fused-ring (bicyclic) bond motifs is 1. The maximum Gasteiger partial charge on any atom is 0.295 e. The van der Waals surface area contributed by atoms with E-state index in [4.69, 9.17) is 11.6 Å². The summed E-state index contributed by atoms with van der Waals surface area (Å²) in [5, 5.41) is 13.2. The van der Waals surface area contributed by atoms with Crippen LogP contribution in [0.3, 0.4) is 0 Å². The minimum atomic E-state index is -0.789. The molecule has 8 heteroatoms. The van der Waals surface area contributed by atoms with Crippen LogP contribution in [-0.4, -0.2) is 25.5 Å². The van der Waals surface area contributed by atoms with Gasteiger partial charge in [0.2, 0.25) is 5.91 Å². The molecule has 0 aliphatic rings. The molecule has 32 heavy (non-hydrogen) atoms. The van der Waals surface area contributed by atoms with E-state index < -0.39 is 11.6 Å². The Kier molecular flexibility index (Phi) is 5.84. The Morgan fingerprint density at radius 3 is 2.34 bits per heavy atom. The highest BCUT2D eigenvalue weighted by molar-refractivity contribution is 6.30. The molecule has 1 atom stereocenters. The molecular weight excluding hydrogens is 426 g/mol. The highest BCUT2D eigenvalue weighted by Crippen LogP contribution is 2.22. The van der Waals surface area contributed by atoms with Crippen molar-refractivity contribution in [3.05, 3.63) is 86.4 Å². The van der Waals surface area contributed by atoms with Gasteiger partial charge in [-0.2, -0.15) is 10.2 Å². The molecule has 2 aromatic carbocycles. The first kappa shape index (κ1) is 21.8. The standard InChI is InChI=1S/C24H24ClN5O2/c1-14-5-11-20(12-6-14)29-16(3)21-15(2)27-30(24(32)22(21)28-29)17(4)23(31)26-13-18-7-9-19(25)10-8-18/h5-12,17H,13H2,1-4H3,(H,26,31)/t17-/m1/s1. The highest BCUT2D eigenvalue weighted by atomic mass is 35.5. The molecular formula is C24H24ClN5O2. The van der Waals surface area contributed by atoms with Gasteiger partial charge in [0.05, 0.1) is 22.5 Å². The van der Waals surface area contributed by atoms with Crippen LogP contribution in [0.25, 0.3) is 16.6 Å². The van der Waals surface area contributed by atoms with Crippen LogP contribution in [0.15, 0.2) is 53.3 Å². The van der Waals surface area contributed by atoms with Crippen LogP contribution in [0.1, 0.15) is 35.5 Å². The summed E-state index contributed by atoms with van der Waals surface area (Å²) >= 11 is 5.90. The Balaban J connectivity index is 1.66. The van der Waals surface area contributed by atoms with E-state index in [1.807, 2.05) is 57.2 Å². The van der Waals surface area contributed by atoms with Crippen LogP contribution >= 0.6 is 11.6 Å². The van der Waals surface area contributed by atoms with Crippen molar-refractivity contribution in [2.75, 3.05) is 0 Å². The highest BCUT2D eigenvalue weighted by Gasteiger charge is 2.23. The minimum Gasteiger partial charge on any atom is -0.350 e. The number of aryl methyl sites for hydroxylation is 3. The Labute approximate surface area is 190 Å². The molecule has 0 bridgehead atoms. The van der Waals surface area contributed by atoms with Crippen molar-refractivity contribution in [3.8, 4) is 5.69 Å². The van der Waals surface area contributed by atoms with Gasteiger partial charge in [0.25, 0.3) is 5.56 Å². The summed E-state index contributed by atoms with van der Waals surface area (Å²) < 4.78 is 2.95. The van der Waals surface area contributed by atoms with E-state index >= 15 is 0 Å². The lowest BCUT2D eigenvalue weighted by molar-refractivity contribution is -0.124. The third-order valence-electron chi connectivity index (χ3n) is 5.55. The number of benzene rings is 2. The number of carbonyl (C=O) groups is 1. The first-order chi connectivity index (χ1) is 15.3. The predicted octanol–water partition coefficient (Wildman–Crippen LogP) is 4.04. The number of amides is 1. The zero-order chi connectivity index (χ0) is 23.0. The first-order valence-corrected chi connectivity index (χ1v) is 10.7. The normalized spacial score (nSPS) is 12.2. The second-order valence-electron chi connectivity index (χ2n) is 7.91. The van der Waals surface area contributed by atoms with Gasteiger partial charge in [-0.1, -0.05) is 41.4 Å². The fourth-order valence-corrected chi connectivity index (χ4v) is 3.83. The molecule has 0 spiro atoms. The van der Waals surface area contributed by atoms with Gasteiger partial charge in [-0.25, -0.2) is 9.36 Å². The zero-order valence-electron chi connectivity index (χ0n) is 18.4. The number of nitrogens with zero attached hydrogens (tertiary/aromatic N) is 4. The van der Waals surface area contributed by atoms with Crippen molar-refractivity contribution in [2.45, 2.75) is 40.3 Å². The van der Waals surface area contributed by atoms with E-state index in [1.165, 1.54) is 4.68 Å². The van der Waals surface area contributed by atoms with E-state index in [-0.39, 0.29) is 5.91 Å². The number of hydrogen-bond donors (Lipinski definition) is 1. The van der Waals surface area contributed by atoms with Crippen molar-refractivity contribution in [1.29, 1.82) is 0 Å². The summed E-state index contributed by atoms with van der Waals surface area (Å²) in [6.45, 7) is 7.74. The lowest BCUT2D eigenvalue weighted by atomic mass is 10.2. The van der Waals surface area contributed by atoms with Crippen molar-refractivity contribution in [2.24, 2.45) is 0 Å². The average Bonchev–Trinajstić information content (AvgIpc) is 3.13. The maximum atomic E-state index is 13.2. The van der Waals surface area contributed by atoms with Crippen molar-refractivity contribution in [3.63, 3.8) is 0 Å². The number of nitrogens with one attached hydrogen (secondary N) is 1. The van der Waals surface area contributed by atoms with Gasteiger partial charge in [-0.05, 0) is 57.5 Å². The smallest absolute Gasteiger partial charge is 0.295 e. The molecule has 164 valence electrons. The van der Waals surface area contributed by atoms with Crippen LogP contribution in [-0.2, 0) is 11.3 Å². The monoisotopic (exact) mass is 449 g/mol. The van der Waals surface area contributed by atoms with Crippen LogP contribution in [0, 0.1) is 20.8 Å². The zero-order valence-corrected chi connectivity index (χ0v) is 19.1. The average molecular weight is 450 g/mol. The summed E-state index contributed by atoms with van der Waals surface area (Å²) in [6.07, 6.45) is 0. The third kappa shape index (κ3) is 4.03. The molecule has 2 heterocycles. The van der Waals surface area contributed by atoms with Crippen molar-refractivity contribution in [1.82, 2.24) is 24.9 Å². The molecule has 0 aliphatic heterocycles. The Hall–Kier alpha value is -3.45. The number of halogens is 1. The Bertz CT molecular complexity index is 1350. The van der Waals surface area contributed by atoms with Crippen molar-refractivity contribution < 1.29 is 4.79 Å². The molecule has 0 radical (unpaired) electrons. The van der Waals surface area contributed by atoms with Gasteiger partial charge in [0.1, 0.15) is 6.04 Å². The SMILES string of the molecule is Cc1ccc(-n2nc3c(=O)n([C@H](C)C(=O)NCc4ccc(Cl)cc4)nc(C)c3c2C)cc1. The maximum absolute atomic E-state index is 13.2. The summed E-state index contributed by atoms with van der Waals surface area (Å²) in [5.41, 5.74) is 4.30. The molecule has 1 amide bonds. The van der Waals surface area contributed by atoms with Crippen LogP contribution < -0.4 is 10.9 Å². The summed E-state index contributed by atoms with van der Waals surface area (Å²) in [6, 6.07) is 14.3. The van der Waals surface area contributed by atoms with Crippen LogP contribution in [0.4, 0.5) is 0 Å². The molecule has 2 aromatic heterocycles. The molecule has 4 aromatic rings. The lowest BCUT2D eigenvalue weighted by Crippen LogP contribution is -2.37. The molecule has 0 unspecified atom stereocenters. The first-order valence-electron chi connectivity index (χ1n) is 10.3. The van der Waals surface area contributed by atoms with Gasteiger partial charge in [0.15, 0.2) is 5.52 Å². The Morgan fingerprint density at radius 2 is 1.69 bits per heavy atom. The van der Waals surface area contributed by atoms with E-state index in [1.54, 1.807) is 23.7 Å². The van der Waals surface area contributed by atoms with E-state index in [9.17, 15) is 9.59 Å². The molecule has 0 saturated carbocycles. The van der Waals surface area contributed by atoms with E-state index in [0.717, 1.165) is 22.5 Å². The molecule has 0 aliphatic carbocycles. The van der Waals surface area contributed by atoms with Crippen molar-refractivity contribution >= 4 is 28.4 Å². The number of hydrogen-bond acceptors (Lipinski definition) is 4. The molecule has 4 rings (SSSR count). The molecule has 0 fully saturated rings. The number of aromatic nitrogens is 4. The predicted molar refractivity (Wildman–Crippen MR) is 125 cm³/mol. The second-order valence-corrected chi connectivity index (χ2v) is 8.35. The van der Waals surface area contributed by atoms with Gasteiger partial charge >= 0.3 is 0 Å². The molecule has 7 nitrogen and oxygen atoms in total. The van der Waals surface area contributed by atoms with Crippen LogP contribution in [0.2, 0.25) is 5.02 Å². The minimum absolute atomic E-state index is 0.299. The van der Waals surface area contributed by atoms with E-state index in [0.29, 0.717) is 28.2 Å². The largest absolute Gasteiger partial charge is 0.350 e. The molecule has 0 saturated heterocycles. The van der Waals surface area contributed by atoms with E-state index in [2.05, 4.69) is 15.5 Å². The number of carbonyl (C=O) groups excluding carboxylic acids is 1. The fourth-order valence-electron chi connectivity index (χ4n) is 3.70. The van der Waals surface area contributed by atoms with Gasteiger partial charge < -0.3 is 5.32 Å². The van der Waals surface area contributed by atoms with Gasteiger partial charge in [-0.3, -0.25) is 9.59 Å².